The van der Waals surface area contributed by atoms with Crippen molar-refractivity contribution in [2.75, 3.05) is 20.3 Å². The van der Waals surface area contributed by atoms with E-state index in [-0.39, 0.29) is 0 Å². The number of aliphatic imine (C=N–C) groups is 1. The van der Waals surface area contributed by atoms with E-state index in [2.05, 4.69) is 4.99 Å². The normalized spacial score (nSPS) is 14.8. The topological polar surface area (TPSA) is 30.8 Å². The summed E-state index contributed by atoms with van der Waals surface area (Å²) in [7, 11) is 1.67. The predicted octanol–water partition coefficient (Wildman–Crippen LogP) is 1.67. The van der Waals surface area contributed by atoms with Crippen molar-refractivity contribution in [2.45, 2.75) is 6.42 Å². The molecule has 3 nitrogen and oxygen atoms in total. The van der Waals surface area contributed by atoms with Crippen LogP contribution < -0.4 is 4.74 Å². The van der Waals surface area contributed by atoms with Crippen LogP contribution in [0.3, 0.4) is 0 Å². The highest BCUT2D eigenvalue weighted by molar-refractivity contribution is 5.79. The minimum atomic E-state index is 0.722. The van der Waals surface area contributed by atoms with Crippen molar-refractivity contribution in [3.8, 4) is 5.75 Å². The second kappa shape index (κ2) is 4.13. The summed E-state index contributed by atoms with van der Waals surface area (Å²) >= 11 is 0. The number of nitrogens with zero attached hydrogens (tertiary/aromatic N) is 1. The van der Waals surface area contributed by atoms with Gasteiger partial charge in [-0.25, -0.2) is 0 Å². The van der Waals surface area contributed by atoms with Crippen molar-refractivity contribution < 1.29 is 9.47 Å². The van der Waals surface area contributed by atoms with E-state index >= 15 is 0 Å². The molecule has 3 heteroatoms. The van der Waals surface area contributed by atoms with Gasteiger partial charge in [-0.2, -0.15) is 0 Å². The van der Waals surface area contributed by atoms with Crippen LogP contribution in [0.1, 0.15) is 5.56 Å². The van der Waals surface area contributed by atoms with E-state index in [1.807, 2.05) is 24.3 Å². The van der Waals surface area contributed by atoms with Gasteiger partial charge in [0.05, 0.1) is 13.7 Å². The van der Waals surface area contributed by atoms with Gasteiger partial charge in [0.1, 0.15) is 12.4 Å². The van der Waals surface area contributed by atoms with Crippen LogP contribution in [0.5, 0.6) is 5.75 Å². The van der Waals surface area contributed by atoms with Crippen molar-refractivity contribution in [3.05, 3.63) is 29.8 Å². The van der Waals surface area contributed by atoms with E-state index in [9.17, 15) is 0 Å². The molecule has 2 rings (SSSR count). The fraction of sp³-hybridized carbons (Fsp3) is 0.364. The lowest BCUT2D eigenvalue weighted by Gasteiger charge is -2.04. The van der Waals surface area contributed by atoms with Crippen molar-refractivity contribution in [1.82, 2.24) is 0 Å². The number of rotatable bonds is 3. The second-order valence-electron chi connectivity index (χ2n) is 3.15. The summed E-state index contributed by atoms with van der Waals surface area (Å²) in [4.78, 5) is 4.24. The molecule has 0 spiro atoms. The van der Waals surface area contributed by atoms with Gasteiger partial charge in [0.25, 0.3) is 0 Å². The molecule has 0 atom stereocenters. The third-order valence-corrected chi connectivity index (χ3v) is 2.14. The molecule has 1 aromatic rings. The Bertz CT molecular complexity index is 347. The first-order valence-electron chi connectivity index (χ1n) is 4.67. The van der Waals surface area contributed by atoms with Crippen LogP contribution in [0.25, 0.3) is 0 Å². The van der Waals surface area contributed by atoms with Gasteiger partial charge < -0.3 is 9.47 Å². The zero-order chi connectivity index (χ0) is 9.80. The van der Waals surface area contributed by atoms with Crippen LogP contribution in [0.15, 0.2) is 29.3 Å². The average Bonchev–Trinajstić information content (AvgIpc) is 2.71. The Morgan fingerprint density at radius 2 is 2.43 bits per heavy atom. The number of ether oxygens (including phenoxy) is 2. The third-order valence-electron chi connectivity index (χ3n) is 2.14. The summed E-state index contributed by atoms with van der Waals surface area (Å²) in [6.07, 6.45) is 0.761. The highest BCUT2D eigenvalue weighted by Crippen LogP contribution is 2.14. The molecule has 0 saturated heterocycles. The Balaban J connectivity index is 2.08. The number of hydrogen-bond donors (Lipinski definition) is 0. The molecule has 1 aromatic carbocycles. The molecule has 74 valence electrons. The Hall–Kier alpha value is -1.51. The lowest BCUT2D eigenvalue weighted by molar-refractivity contribution is 0.341. The van der Waals surface area contributed by atoms with Crippen molar-refractivity contribution in [3.63, 3.8) is 0 Å². The highest BCUT2D eigenvalue weighted by atomic mass is 16.5. The fourth-order valence-corrected chi connectivity index (χ4v) is 1.44. The molecule has 0 fully saturated rings. The van der Waals surface area contributed by atoms with Gasteiger partial charge in [-0.1, -0.05) is 12.1 Å². The molecule has 0 saturated carbocycles. The summed E-state index contributed by atoms with van der Waals surface area (Å²) < 4.78 is 10.5. The maximum atomic E-state index is 5.34. The minimum Gasteiger partial charge on any atom is -0.497 e. The molecule has 0 aromatic heterocycles. The predicted molar refractivity (Wildman–Crippen MR) is 55.0 cm³/mol. The van der Waals surface area contributed by atoms with E-state index in [4.69, 9.17) is 9.47 Å². The lowest BCUT2D eigenvalue weighted by atomic mass is 10.1. The summed E-state index contributed by atoms with van der Waals surface area (Å²) in [5.74, 6) is 1.71. The average molecular weight is 191 g/mol. The SMILES string of the molecule is COc1cccc(CC2=NCCO2)c1. The zero-order valence-electron chi connectivity index (χ0n) is 8.19. The quantitative estimate of drug-likeness (QED) is 0.727. The van der Waals surface area contributed by atoms with E-state index in [0.717, 1.165) is 31.2 Å². The second-order valence-corrected chi connectivity index (χ2v) is 3.15. The van der Waals surface area contributed by atoms with E-state index < -0.39 is 0 Å². The number of benzene rings is 1. The molecular weight excluding hydrogens is 178 g/mol. The molecule has 0 unspecified atom stereocenters. The first kappa shape index (κ1) is 9.06. The Labute approximate surface area is 83.4 Å². The monoisotopic (exact) mass is 191 g/mol. The smallest absolute Gasteiger partial charge is 0.187 e. The molecule has 0 N–H and O–H groups in total. The van der Waals surface area contributed by atoms with Crippen LogP contribution in [-0.2, 0) is 11.2 Å². The van der Waals surface area contributed by atoms with Gasteiger partial charge in [-0.3, -0.25) is 4.99 Å². The van der Waals surface area contributed by atoms with Crippen LogP contribution >= 0.6 is 0 Å². The molecule has 1 aliphatic heterocycles. The maximum Gasteiger partial charge on any atom is 0.187 e. The fourth-order valence-electron chi connectivity index (χ4n) is 1.44. The van der Waals surface area contributed by atoms with Crippen LogP contribution in [0.2, 0.25) is 0 Å². The van der Waals surface area contributed by atoms with Crippen LogP contribution in [0.4, 0.5) is 0 Å². The molecule has 0 aliphatic carbocycles. The minimum absolute atomic E-state index is 0.722. The van der Waals surface area contributed by atoms with Gasteiger partial charge in [0.2, 0.25) is 0 Å². The largest absolute Gasteiger partial charge is 0.497 e. The first-order valence-corrected chi connectivity index (χ1v) is 4.67. The summed E-state index contributed by atoms with van der Waals surface area (Å²) in [5, 5.41) is 0. The van der Waals surface area contributed by atoms with Crippen molar-refractivity contribution in [1.29, 1.82) is 0 Å². The highest BCUT2D eigenvalue weighted by Gasteiger charge is 2.08. The number of methoxy groups -OCH3 is 1. The molecular formula is C11H13NO2. The van der Waals surface area contributed by atoms with Gasteiger partial charge in [0.15, 0.2) is 5.90 Å². The molecule has 0 radical (unpaired) electrons. The van der Waals surface area contributed by atoms with E-state index in [1.165, 1.54) is 5.56 Å². The van der Waals surface area contributed by atoms with Gasteiger partial charge >= 0.3 is 0 Å². The van der Waals surface area contributed by atoms with Gasteiger partial charge in [0, 0.05) is 6.42 Å². The molecule has 14 heavy (non-hydrogen) atoms. The van der Waals surface area contributed by atoms with Gasteiger partial charge in [-0.15, -0.1) is 0 Å². The summed E-state index contributed by atoms with van der Waals surface area (Å²) in [5.41, 5.74) is 1.17. The van der Waals surface area contributed by atoms with Crippen LogP contribution in [-0.4, -0.2) is 26.2 Å². The Morgan fingerprint density at radius 3 is 3.14 bits per heavy atom. The molecule has 1 heterocycles. The first-order chi connectivity index (χ1) is 6.88. The third kappa shape index (κ3) is 2.05. The molecule has 1 aliphatic rings. The molecule has 0 amide bonds. The Morgan fingerprint density at radius 1 is 1.50 bits per heavy atom. The van der Waals surface area contributed by atoms with Crippen molar-refractivity contribution >= 4 is 5.90 Å². The molecule has 0 bridgehead atoms. The van der Waals surface area contributed by atoms with E-state index in [1.54, 1.807) is 7.11 Å². The summed E-state index contributed by atoms with van der Waals surface area (Å²) in [6.45, 7) is 1.51. The lowest BCUT2D eigenvalue weighted by Crippen LogP contribution is -2.03. The van der Waals surface area contributed by atoms with Crippen molar-refractivity contribution in [2.24, 2.45) is 4.99 Å². The van der Waals surface area contributed by atoms with Gasteiger partial charge in [-0.05, 0) is 17.7 Å². The maximum absolute atomic E-state index is 5.34. The standard InChI is InChI=1S/C11H13NO2/c1-13-10-4-2-3-9(7-10)8-11-12-5-6-14-11/h2-4,7H,5-6,8H2,1H3. The van der Waals surface area contributed by atoms with Crippen LogP contribution in [0, 0.1) is 0 Å². The summed E-state index contributed by atoms with van der Waals surface area (Å²) in [6, 6.07) is 7.96. The van der Waals surface area contributed by atoms with E-state index in [0.29, 0.717) is 0 Å². The number of hydrogen-bond acceptors (Lipinski definition) is 3. The Kier molecular flexibility index (Phi) is 2.68. The zero-order valence-corrected chi connectivity index (χ0v) is 8.19.